The first kappa shape index (κ1) is 8.53. The lowest BCUT2D eigenvalue weighted by atomic mass is 9.92. The van der Waals surface area contributed by atoms with Crippen molar-refractivity contribution < 1.29 is 9.90 Å². The molecule has 0 aromatic carbocycles. The lowest BCUT2D eigenvalue weighted by Crippen LogP contribution is -2.41. The SMILES string of the molecule is CN(C(=O)CCO)C1CCC1. The minimum Gasteiger partial charge on any atom is -0.396 e. The molecule has 3 nitrogen and oxygen atoms in total. The summed E-state index contributed by atoms with van der Waals surface area (Å²) in [6.45, 7) is -0.0319. The molecule has 0 heterocycles. The zero-order valence-electron chi connectivity index (χ0n) is 6.92. The van der Waals surface area contributed by atoms with Crippen molar-refractivity contribution in [3.63, 3.8) is 0 Å². The van der Waals surface area contributed by atoms with E-state index in [1.54, 1.807) is 4.90 Å². The van der Waals surface area contributed by atoms with Gasteiger partial charge in [0.1, 0.15) is 0 Å². The number of amides is 1. The Morgan fingerprint density at radius 2 is 2.27 bits per heavy atom. The normalized spacial score (nSPS) is 17.6. The second kappa shape index (κ2) is 3.72. The molecule has 1 rings (SSSR count). The third-order valence-electron chi connectivity index (χ3n) is 2.34. The van der Waals surface area contributed by atoms with Gasteiger partial charge in [0.05, 0.1) is 6.61 Å². The van der Waals surface area contributed by atoms with E-state index in [-0.39, 0.29) is 18.9 Å². The summed E-state index contributed by atoms with van der Waals surface area (Å²) in [6, 6.07) is 0.453. The molecule has 0 aromatic heterocycles. The molecule has 0 aliphatic heterocycles. The average molecular weight is 157 g/mol. The molecule has 0 spiro atoms. The Balaban J connectivity index is 2.27. The molecule has 1 aliphatic carbocycles. The molecule has 1 aliphatic rings. The topological polar surface area (TPSA) is 40.5 Å². The maximum Gasteiger partial charge on any atom is 0.224 e. The molecule has 0 aromatic rings. The van der Waals surface area contributed by atoms with Crippen LogP contribution in [0.3, 0.4) is 0 Å². The first-order valence-corrected chi connectivity index (χ1v) is 4.12. The van der Waals surface area contributed by atoms with Gasteiger partial charge in [0, 0.05) is 19.5 Å². The van der Waals surface area contributed by atoms with Crippen LogP contribution in [0.15, 0.2) is 0 Å². The molecule has 3 heteroatoms. The molecule has 0 bridgehead atoms. The van der Waals surface area contributed by atoms with Crippen molar-refractivity contribution in [1.82, 2.24) is 4.90 Å². The van der Waals surface area contributed by atoms with E-state index < -0.39 is 0 Å². The first-order valence-electron chi connectivity index (χ1n) is 4.12. The standard InChI is InChI=1S/C8H15NO2/c1-9(7-3-2-4-7)8(11)5-6-10/h7,10H,2-6H2,1H3. The van der Waals surface area contributed by atoms with Gasteiger partial charge in [-0.05, 0) is 19.3 Å². The van der Waals surface area contributed by atoms with Gasteiger partial charge in [0.15, 0.2) is 0 Å². The van der Waals surface area contributed by atoms with E-state index in [0.29, 0.717) is 6.04 Å². The maximum atomic E-state index is 11.1. The van der Waals surface area contributed by atoms with Gasteiger partial charge >= 0.3 is 0 Å². The minimum absolute atomic E-state index is 0.0319. The van der Waals surface area contributed by atoms with Gasteiger partial charge < -0.3 is 10.0 Å². The maximum absolute atomic E-state index is 11.1. The fraction of sp³-hybridized carbons (Fsp3) is 0.875. The lowest BCUT2D eigenvalue weighted by molar-refractivity contribution is -0.134. The Bertz CT molecular complexity index is 143. The zero-order valence-corrected chi connectivity index (χ0v) is 6.92. The number of aliphatic hydroxyl groups excluding tert-OH is 1. The van der Waals surface area contributed by atoms with Crippen LogP contribution >= 0.6 is 0 Å². The summed E-state index contributed by atoms with van der Waals surface area (Å²) >= 11 is 0. The Kier molecular flexibility index (Phi) is 2.88. The molecule has 11 heavy (non-hydrogen) atoms. The molecule has 0 radical (unpaired) electrons. The molecule has 1 N–H and O–H groups in total. The molecular weight excluding hydrogens is 142 g/mol. The number of carbonyl (C=O) groups is 1. The predicted octanol–water partition coefficient (Wildman–Crippen LogP) is 0.380. The lowest BCUT2D eigenvalue weighted by Gasteiger charge is -2.34. The monoisotopic (exact) mass is 157 g/mol. The van der Waals surface area contributed by atoms with Crippen LogP contribution in [-0.2, 0) is 4.79 Å². The summed E-state index contributed by atoms with van der Waals surface area (Å²) in [5.74, 6) is 0.0669. The van der Waals surface area contributed by atoms with Crippen LogP contribution in [0.5, 0.6) is 0 Å². The summed E-state index contributed by atoms with van der Waals surface area (Å²) < 4.78 is 0. The molecule has 0 atom stereocenters. The fourth-order valence-corrected chi connectivity index (χ4v) is 1.25. The molecule has 64 valence electrons. The second-order valence-corrected chi connectivity index (χ2v) is 3.06. The summed E-state index contributed by atoms with van der Waals surface area (Å²) in [5, 5.41) is 8.51. The third-order valence-corrected chi connectivity index (χ3v) is 2.34. The minimum atomic E-state index is -0.0319. The zero-order chi connectivity index (χ0) is 8.27. The Labute approximate surface area is 67.0 Å². The van der Waals surface area contributed by atoms with Gasteiger partial charge in [-0.1, -0.05) is 0 Å². The van der Waals surface area contributed by atoms with E-state index in [9.17, 15) is 4.79 Å². The van der Waals surface area contributed by atoms with E-state index in [4.69, 9.17) is 5.11 Å². The van der Waals surface area contributed by atoms with E-state index in [0.717, 1.165) is 12.8 Å². The van der Waals surface area contributed by atoms with Crippen molar-refractivity contribution in [2.75, 3.05) is 13.7 Å². The highest BCUT2D eigenvalue weighted by molar-refractivity contribution is 5.76. The second-order valence-electron chi connectivity index (χ2n) is 3.06. The van der Waals surface area contributed by atoms with Gasteiger partial charge in [-0.15, -0.1) is 0 Å². The molecule has 0 unspecified atom stereocenters. The van der Waals surface area contributed by atoms with Crippen molar-refractivity contribution in [3.05, 3.63) is 0 Å². The largest absolute Gasteiger partial charge is 0.396 e. The van der Waals surface area contributed by atoms with Crippen molar-refractivity contribution in [3.8, 4) is 0 Å². The highest BCUT2D eigenvalue weighted by Gasteiger charge is 2.24. The number of carbonyl (C=O) groups excluding carboxylic acids is 1. The predicted molar refractivity (Wildman–Crippen MR) is 42.1 cm³/mol. The fourth-order valence-electron chi connectivity index (χ4n) is 1.25. The average Bonchev–Trinajstić information content (AvgIpc) is 1.84. The summed E-state index contributed by atoms with van der Waals surface area (Å²) in [5.41, 5.74) is 0. The van der Waals surface area contributed by atoms with E-state index >= 15 is 0 Å². The summed E-state index contributed by atoms with van der Waals surface area (Å²) in [6.07, 6.45) is 3.77. The number of aliphatic hydroxyl groups is 1. The van der Waals surface area contributed by atoms with Crippen LogP contribution in [0.2, 0.25) is 0 Å². The van der Waals surface area contributed by atoms with Crippen molar-refractivity contribution in [2.24, 2.45) is 0 Å². The van der Waals surface area contributed by atoms with Crippen LogP contribution in [0.4, 0.5) is 0 Å². The highest BCUT2D eigenvalue weighted by atomic mass is 16.3. The first-order chi connectivity index (χ1) is 5.25. The molecule has 1 saturated carbocycles. The van der Waals surface area contributed by atoms with Crippen LogP contribution in [0, 0.1) is 0 Å². The van der Waals surface area contributed by atoms with Crippen LogP contribution < -0.4 is 0 Å². The van der Waals surface area contributed by atoms with Crippen molar-refractivity contribution >= 4 is 5.91 Å². The van der Waals surface area contributed by atoms with Gasteiger partial charge in [0.2, 0.25) is 5.91 Å². The third kappa shape index (κ3) is 1.93. The summed E-state index contributed by atoms with van der Waals surface area (Å²) in [7, 11) is 1.82. The number of hydrogen-bond donors (Lipinski definition) is 1. The van der Waals surface area contributed by atoms with E-state index in [2.05, 4.69) is 0 Å². The number of nitrogens with zero attached hydrogens (tertiary/aromatic N) is 1. The molecule has 1 fully saturated rings. The Hall–Kier alpha value is -0.570. The van der Waals surface area contributed by atoms with E-state index in [1.807, 2.05) is 7.05 Å². The number of hydrogen-bond acceptors (Lipinski definition) is 2. The number of rotatable bonds is 3. The van der Waals surface area contributed by atoms with Gasteiger partial charge in [-0.25, -0.2) is 0 Å². The summed E-state index contributed by atoms with van der Waals surface area (Å²) in [4.78, 5) is 12.9. The van der Waals surface area contributed by atoms with Crippen LogP contribution in [0.1, 0.15) is 25.7 Å². The smallest absolute Gasteiger partial charge is 0.224 e. The van der Waals surface area contributed by atoms with Crippen LogP contribution in [-0.4, -0.2) is 35.6 Å². The Morgan fingerprint density at radius 1 is 1.64 bits per heavy atom. The molecule has 0 saturated heterocycles. The molecular formula is C8H15NO2. The highest BCUT2D eigenvalue weighted by Crippen LogP contribution is 2.23. The van der Waals surface area contributed by atoms with E-state index in [1.165, 1.54) is 6.42 Å². The van der Waals surface area contributed by atoms with Gasteiger partial charge in [-0.3, -0.25) is 4.79 Å². The quantitative estimate of drug-likeness (QED) is 0.643. The molecule has 1 amide bonds. The van der Waals surface area contributed by atoms with Gasteiger partial charge in [0.25, 0.3) is 0 Å². The van der Waals surface area contributed by atoms with Gasteiger partial charge in [-0.2, -0.15) is 0 Å². The van der Waals surface area contributed by atoms with Crippen molar-refractivity contribution in [2.45, 2.75) is 31.7 Å². The van der Waals surface area contributed by atoms with Crippen LogP contribution in [0.25, 0.3) is 0 Å². The van der Waals surface area contributed by atoms with Crippen molar-refractivity contribution in [1.29, 1.82) is 0 Å². The Morgan fingerprint density at radius 3 is 2.64 bits per heavy atom.